The number of hydrogen-bond donors (Lipinski definition) is 2. The summed E-state index contributed by atoms with van der Waals surface area (Å²) < 4.78 is 0. The van der Waals surface area contributed by atoms with Gasteiger partial charge >= 0.3 is 0 Å². The van der Waals surface area contributed by atoms with Crippen LogP contribution >= 0.6 is 11.8 Å². The van der Waals surface area contributed by atoms with Gasteiger partial charge in [0.25, 0.3) is 5.91 Å². The number of amides is 1. The van der Waals surface area contributed by atoms with Crippen molar-refractivity contribution in [1.82, 2.24) is 5.32 Å². The van der Waals surface area contributed by atoms with Crippen LogP contribution in [-0.2, 0) is 4.79 Å². The quantitative estimate of drug-likeness (QED) is 0.824. The van der Waals surface area contributed by atoms with Crippen LogP contribution in [0.1, 0.15) is 16.7 Å². The first-order valence-corrected chi connectivity index (χ1v) is 7.99. The lowest BCUT2D eigenvalue weighted by Crippen LogP contribution is -2.19. The Kier molecular flexibility index (Phi) is 4.21. The summed E-state index contributed by atoms with van der Waals surface area (Å²) in [5, 5.41) is 13.2. The van der Waals surface area contributed by atoms with Gasteiger partial charge in [-0.25, -0.2) is 4.99 Å². The molecule has 1 aliphatic rings. The number of carbonyl (C=O) groups is 1. The zero-order chi connectivity index (χ0) is 16.4. The van der Waals surface area contributed by atoms with Crippen molar-refractivity contribution in [3.63, 3.8) is 0 Å². The van der Waals surface area contributed by atoms with Gasteiger partial charge in [0.15, 0.2) is 5.17 Å². The third-order valence-corrected chi connectivity index (χ3v) is 4.36. The smallest absolute Gasteiger partial charge is 0.264 e. The summed E-state index contributed by atoms with van der Waals surface area (Å²) in [6, 6.07) is 13.2. The number of phenols is 1. The Morgan fingerprint density at radius 3 is 2.43 bits per heavy atom. The van der Waals surface area contributed by atoms with Crippen molar-refractivity contribution in [3.8, 4) is 5.75 Å². The van der Waals surface area contributed by atoms with Gasteiger partial charge in [-0.15, -0.1) is 0 Å². The average molecular weight is 324 g/mol. The van der Waals surface area contributed by atoms with Gasteiger partial charge in [0.2, 0.25) is 0 Å². The second kappa shape index (κ2) is 6.30. The summed E-state index contributed by atoms with van der Waals surface area (Å²) in [7, 11) is 0. The minimum atomic E-state index is -0.159. The second-order valence-electron chi connectivity index (χ2n) is 5.32. The Bertz CT molecular complexity index is 803. The number of amidine groups is 1. The topological polar surface area (TPSA) is 61.7 Å². The summed E-state index contributed by atoms with van der Waals surface area (Å²) in [6.45, 7) is 3.68. The number of carbonyl (C=O) groups excluding carboxylic acids is 1. The van der Waals surface area contributed by atoms with E-state index in [2.05, 4.69) is 10.3 Å². The van der Waals surface area contributed by atoms with Crippen LogP contribution in [0.4, 0.5) is 5.69 Å². The van der Waals surface area contributed by atoms with Gasteiger partial charge in [0.05, 0.1) is 10.6 Å². The van der Waals surface area contributed by atoms with Gasteiger partial charge in [-0.2, -0.15) is 0 Å². The van der Waals surface area contributed by atoms with Crippen molar-refractivity contribution in [2.75, 3.05) is 0 Å². The average Bonchev–Trinajstić information content (AvgIpc) is 2.85. The highest BCUT2D eigenvalue weighted by Crippen LogP contribution is 2.30. The normalized spacial score (nSPS) is 17.7. The van der Waals surface area contributed by atoms with Crippen molar-refractivity contribution in [2.24, 2.45) is 4.99 Å². The summed E-state index contributed by atoms with van der Waals surface area (Å²) in [6.07, 6.45) is 1.81. The molecule has 23 heavy (non-hydrogen) atoms. The fourth-order valence-electron chi connectivity index (χ4n) is 2.32. The molecule has 116 valence electrons. The number of aromatic hydroxyl groups is 1. The molecular formula is C18H16N2O2S. The molecule has 0 spiro atoms. The zero-order valence-electron chi connectivity index (χ0n) is 12.8. The van der Waals surface area contributed by atoms with Crippen LogP contribution in [0.3, 0.4) is 0 Å². The SMILES string of the molecule is Cc1cc(/C=C2\SC(=Nc3ccccc3)NC2=O)cc(C)c1O. The van der Waals surface area contributed by atoms with Gasteiger partial charge in [0, 0.05) is 0 Å². The maximum absolute atomic E-state index is 12.1. The molecule has 1 aliphatic heterocycles. The van der Waals surface area contributed by atoms with Gasteiger partial charge in [-0.3, -0.25) is 4.79 Å². The summed E-state index contributed by atoms with van der Waals surface area (Å²) in [5.41, 5.74) is 3.26. The molecule has 1 fully saturated rings. The maximum atomic E-state index is 12.1. The molecule has 0 atom stereocenters. The lowest BCUT2D eigenvalue weighted by molar-refractivity contribution is -0.115. The standard InChI is InChI=1S/C18H16N2O2S/c1-11-8-13(9-12(2)16(11)21)10-15-17(22)20-18(23-15)19-14-6-4-3-5-7-14/h3-10,21H,1-2H3,(H,19,20,22)/b15-10-. The Morgan fingerprint density at radius 1 is 1.13 bits per heavy atom. The number of hydrogen-bond acceptors (Lipinski definition) is 4. The molecular weight excluding hydrogens is 308 g/mol. The molecule has 2 aromatic carbocycles. The molecule has 0 bridgehead atoms. The number of nitrogens with zero attached hydrogens (tertiary/aromatic N) is 1. The number of aryl methyl sites for hydroxylation is 2. The van der Waals surface area contributed by atoms with Crippen LogP contribution in [-0.4, -0.2) is 16.2 Å². The largest absolute Gasteiger partial charge is 0.507 e. The van der Waals surface area contributed by atoms with Crippen LogP contribution < -0.4 is 5.32 Å². The minimum absolute atomic E-state index is 0.159. The summed E-state index contributed by atoms with van der Waals surface area (Å²) >= 11 is 1.31. The van der Waals surface area contributed by atoms with Crippen molar-refractivity contribution in [2.45, 2.75) is 13.8 Å². The van der Waals surface area contributed by atoms with Gasteiger partial charge in [-0.05, 0) is 72.6 Å². The van der Waals surface area contributed by atoms with Crippen LogP contribution in [0.2, 0.25) is 0 Å². The predicted octanol–water partition coefficient (Wildman–Crippen LogP) is 3.90. The minimum Gasteiger partial charge on any atom is -0.507 e. The molecule has 0 unspecified atom stereocenters. The molecule has 1 amide bonds. The molecule has 1 saturated heterocycles. The second-order valence-corrected chi connectivity index (χ2v) is 6.35. The number of benzene rings is 2. The van der Waals surface area contributed by atoms with Gasteiger partial charge in [0.1, 0.15) is 5.75 Å². The maximum Gasteiger partial charge on any atom is 0.264 e. The van der Waals surface area contributed by atoms with Crippen molar-refractivity contribution in [1.29, 1.82) is 0 Å². The Labute approximate surface area is 139 Å². The third-order valence-electron chi connectivity index (χ3n) is 3.45. The van der Waals surface area contributed by atoms with Crippen LogP contribution in [0.15, 0.2) is 52.4 Å². The Balaban J connectivity index is 1.87. The number of nitrogens with one attached hydrogen (secondary N) is 1. The number of rotatable bonds is 2. The molecule has 0 radical (unpaired) electrons. The molecule has 2 aromatic rings. The van der Waals surface area contributed by atoms with E-state index in [4.69, 9.17) is 0 Å². The molecule has 4 nitrogen and oxygen atoms in total. The first-order chi connectivity index (χ1) is 11.0. The predicted molar refractivity (Wildman–Crippen MR) is 94.8 cm³/mol. The van der Waals surface area contributed by atoms with Crippen LogP contribution in [0.25, 0.3) is 6.08 Å². The highest BCUT2D eigenvalue weighted by molar-refractivity contribution is 8.18. The van der Waals surface area contributed by atoms with Crippen LogP contribution in [0, 0.1) is 13.8 Å². The highest BCUT2D eigenvalue weighted by atomic mass is 32.2. The molecule has 2 N–H and O–H groups in total. The molecule has 3 rings (SSSR count). The van der Waals surface area contributed by atoms with E-state index in [-0.39, 0.29) is 5.91 Å². The Morgan fingerprint density at radius 2 is 1.78 bits per heavy atom. The van der Waals surface area contributed by atoms with Crippen molar-refractivity contribution in [3.05, 3.63) is 64.1 Å². The Hall–Kier alpha value is -2.53. The fourth-order valence-corrected chi connectivity index (χ4v) is 3.17. The molecule has 0 aromatic heterocycles. The number of phenolic OH excluding ortho intramolecular Hbond substituents is 1. The lowest BCUT2D eigenvalue weighted by atomic mass is 10.1. The third kappa shape index (κ3) is 3.46. The number of thioether (sulfide) groups is 1. The van der Waals surface area contributed by atoms with E-state index in [1.165, 1.54) is 11.8 Å². The zero-order valence-corrected chi connectivity index (χ0v) is 13.6. The van der Waals surface area contributed by atoms with E-state index in [0.29, 0.717) is 15.8 Å². The van der Waals surface area contributed by atoms with E-state index < -0.39 is 0 Å². The van der Waals surface area contributed by atoms with E-state index in [1.54, 1.807) is 0 Å². The van der Waals surface area contributed by atoms with E-state index in [1.807, 2.05) is 62.4 Å². The monoisotopic (exact) mass is 324 g/mol. The highest BCUT2D eigenvalue weighted by Gasteiger charge is 2.23. The summed E-state index contributed by atoms with van der Waals surface area (Å²) in [5.74, 6) is 0.134. The first kappa shape index (κ1) is 15.4. The van der Waals surface area contributed by atoms with E-state index in [0.717, 1.165) is 22.4 Å². The van der Waals surface area contributed by atoms with Crippen molar-refractivity contribution >= 4 is 34.6 Å². The number of para-hydroxylation sites is 1. The van der Waals surface area contributed by atoms with Gasteiger partial charge in [-0.1, -0.05) is 18.2 Å². The van der Waals surface area contributed by atoms with Crippen molar-refractivity contribution < 1.29 is 9.90 Å². The molecule has 0 aliphatic carbocycles. The molecule has 5 heteroatoms. The first-order valence-electron chi connectivity index (χ1n) is 7.18. The number of aliphatic imine (C=N–C) groups is 1. The fraction of sp³-hybridized carbons (Fsp3) is 0.111. The molecule has 1 heterocycles. The lowest BCUT2D eigenvalue weighted by Gasteiger charge is -2.05. The molecule has 0 saturated carbocycles. The van der Waals surface area contributed by atoms with Gasteiger partial charge < -0.3 is 10.4 Å². The summed E-state index contributed by atoms with van der Waals surface area (Å²) in [4.78, 5) is 17.1. The van der Waals surface area contributed by atoms with Crippen LogP contribution in [0.5, 0.6) is 5.75 Å². The van der Waals surface area contributed by atoms with E-state index in [9.17, 15) is 9.90 Å². The van der Waals surface area contributed by atoms with E-state index >= 15 is 0 Å².